The second-order valence-electron chi connectivity index (χ2n) is 3.21. The molecule has 90 valence electrons. The molecule has 0 unspecified atom stereocenters. The Morgan fingerprint density at radius 2 is 2.00 bits per heavy atom. The Morgan fingerprint density at radius 1 is 1.24 bits per heavy atom. The monoisotopic (exact) mass is 270 g/mol. The SMILES string of the molecule is CNc1nc(Cl)nc(NCc2csc(C)n2)n1. The van der Waals surface area contributed by atoms with Gasteiger partial charge in [-0.3, -0.25) is 0 Å². The third-order valence-corrected chi connectivity index (χ3v) is 2.92. The predicted octanol–water partition coefficient (Wildman–Crippen LogP) is 1.94. The molecule has 6 nitrogen and oxygen atoms in total. The molecule has 0 saturated carbocycles. The number of rotatable bonds is 4. The molecule has 2 aromatic rings. The van der Waals surface area contributed by atoms with Crippen molar-refractivity contribution in [2.45, 2.75) is 13.5 Å². The molecule has 2 aromatic heterocycles. The summed E-state index contributed by atoms with van der Waals surface area (Å²) in [6.45, 7) is 2.53. The van der Waals surface area contributed by atoms with E-state index < -0.39 is 0 Å². The average molecular weight is 271 g/mol. The first-order valence-corrected chi connectivity index (χ1v) is 6.17. The van der Waals surface area contributed by atoms with Gasteiger partial charge in [-0.15, -0.1) is 11.3 Å². The van der Waals surface area contributed by atoms with Gasteiger partial charge in [0.15, 0.2) is 0 Å². The maximum Gasteiger partial charge on any atom is 0.229 e. The van der Waals surface area contributed by atoms with Crippen molar-refractivity contribution in [3.63, 3.8) is 0 Å². The maximum absolute atomic E-state index is 5.76. The zero-order chi connectivity index (χ0) is 12.3. The molecule has 0 bridgehead atoms. The van der Waals surface area contributed by atoms with E-state index in [1.54, 1.807) is 18.4 Å². The quantitative estimate of drug-likeness (QED) is 0.884. The first-order chi connectivity index (χ1) is 8.17. The van der Waals surface area contributed by atoms with Crippen LogP contribution in [0.3, 0.4) is 0 Å². The van der Waals surface area contributed by atoms with Crippen molar-refractivity contribution in [1.29, 1.82) is 0 Å². The van der Waals surface area contributed by atoms with Gasteiger partial charge in [-0.05, 0) is 18.5 Å². The van der Waals surface area contributed by atoms with Crippen molar-refractivity contribution >= 4 is 34.8 Å². The van der Waals surface area contributed by atoms with Crippen LogP contribution in [0.5, 0.6) is 0 Å². The Kier molecular flexibility index (Phi) is 3.70. The summed E-state index contributed by atoms with van der Waals surface area (Å²) in [7, 11) is 1.72. The van der Waals surface area contributed by atoms with E-state index in [0.29, 0.717) is 18.4 Å². The first kappa shape index (κ1) is 12.0. The Morgan fingerprint density at radius 3 is 2.65 bits per heavy atom. The Bertz CT molecular complexity index is 514. The lowest BCUT2D eigenvalue weighted by Gasteiger charge is -2.04. The van der Waals surface area contributed by atoms with Crippen LogP contribution in [-0.4, -0.2) is 27.0 Å². The first-order valence-electron chi connectivity index (χ1n) is 4.91. The minimum atomic E-state index is 0.154. The second kappa shape index (κ2) is 5.24. The van der Waals surface area contributed by atoms with Gasteiger partial charge in [0, 0.05) is 12.4 Å². The van der Waals surface area contributed by atoms with E-state index in [0.717, 1.165) is 10.7 Å². The highest BCUT2D eigenvalue weighted by molar-refractivity contribution is 7.09. The van der Waals surface area contributed by atoms with Crippen LogP contribution in [0.1, 0.15) is 10.7 Å². The van der Waals surface area contributed by atoms with E-state index in [1.165, 1.54) is 0 Å². The van der Waals surface area contributed by atoms with Crippen LogP contribution >= 0.6 is 22.9 Å². The largest absolute Gasteiger partial charge is 0.357 e. The van der Waals surface area contributed by atoms with E-state index in [2.05, 4.69) is 30.6 Å². The summed E-state index contributed by atoms with van der Waals surface area (Å²) in [5, 5.41) is 9.04. The van der Waals surface area contributed by atoms with Crippen LogP contribution in [0.4, 0.5) is 11.9 Å². The van der Waals surface area contributed by atoms with Crippen molar-refractivity contribution in [3.8, 4) is 0 Å². The molecule has 2 heterocycles. The van der Waals surface area contributed by atoms with Crippen LogP contribution in [0.25, 0.3) is 0 Å². The van der Waals surface area contributed by atoms with Crippen LogP contribution < -0.4 is 10.6 Å². The lowest BCUT2D eigenvalue weighted by Crippen LogP contribution is -2.07. The number of nitrogens with one attached hydrogen (secondary N) is 2. The summed E-state index contributed by atoms with van der Waals surface area (Å²) in [5.41, 5.74) is 0.954. The average Bonchev–Trinajstić information content (AvgIpc) is 2.72. The molecule has 17 heavy (non-hydrogen) atoms. The molecule has 0 atom stereocenters. The number of hydrogen-bond donors (Lipinski definition) is 2. The summed E-state index contributed by atoms with van der Waals surface area (Å²) in [6, 6.07) is 0. The number of aryl methyl sites for hydroxylation is 1. The van der Waals surface area contributed by atoms with Crippen LogP contribution in [0.15, 0.2) is 5.38 Å². The van der Waals surface area contributed by atoms with Crippen LogP contribution in [0.2, 0.25) is 5.28 Å². The maximum atomic E-state index is 5.76. The molecule has 8 heteroatoms. The lowest BCUT2D eigenvalue weighted by molar-refractivity contribution is 0.979. The van der Waals surface area contributed by atoms with Crippen molar-refractivity contribution in [2.24, 2.45) is 0 Å². The van der Waals surface area contributed by atoms with Crippen LogP contribution in [0, 0.1) is 6.92 Å². The zero-order valence-corrected chi connectivity index (χ0v) is 10.9. The summed E-state index contributed by atoms with van der Waals surface area (Å²) in [6.07, 6.45) is 0. The summed E-state index contributed by atoms with van der Waals surface area (Å²) >= 11 is 7.37. The van der Waals surface area contributed by atoms with Gasteiger partial charge in [-0.1, -0.05) is 0 Å². The van der Waals surface area contributed by atoms with Gasteiger partial charge in [0.25, 0.3) is 0 Å². The van der Waals surface area contributed by atoms with Crippen molar-refractivity contribution in [2.75, 3.05) is 17.7 Å². The molecule has 0 spiro atoms. The molecule has 0 aliphatic carbocycles. The standard InChI is InChI=1S/C9H11ClN6S/c1-5-13-6(4-17-5)3-12-9-15-7(10)14-8(11-2)16-9/h4H,3H2,1-2H3,(H2,11,12,14,15,16). The summed E-state index contributed by atoms with van der Waals surface area (Å²) in [5.74, 6) is 0.863. The number of halogens is 1. The minimum absolute atomic E-state index is 0.154. The third-order valence-electron chi connectivity index (χ3n) is 1.93. The highest BCUT2D eigenvalue weighted by Crippen LogP contribution is 2.12. The topological polar surface area (TPSA) is 75.6 Å². The summed E-state index contributed by atoms with van der Waals surface area (Å²) < 4.78 is 0. The van der Waals surface area contributed by atoms with E-state index in [-0.39, 0.29) is 5.28 Å². The molecule has 0 aliphatic heterocycles. The minimum Gasteiger partial charge on any atom is -0.357 e. The van der Waals surface area contributed by atoms with E-state index in [1.807, 2.05) is 12.3 Å². The highest BCUT2D eigenvalue weighted by atomic mass is 35.5. The fraction of sp³-hybridized carbons (Fsp3) is 0.333. The predicted molar refractivity (Wildman–Crippen MR) is 68.6 cm³/mol. The van der Waals surface area contributed by atoms with Crippen LogP contribution in [-0.2, 0) is 6.54 Å². The van der Waals surface area contributed by atoms with E-state index in [4.69, 9.17) is 11.6 Å². The van der Waals surface area contributed by atoms with Crippen molar-refractivity contribution < 1.29 is 0 Å². The number of aromatic nitrogens is 4. The molecule has 0 aromatic carbocycles. The Hall–Kier alpha value is -1.47. The van der Waals surface area contributed by atoms with Gasteiger partial charge >= 0.3 is 0 Å². The van der Waals surface area contributed by atoms with Gasteiger partial charge in [-0.25, -0.2) is 4.98 Å². The van der Waals surface area contributed by atoms with E-state index >= 15 is 0 Å². The molecule has 0 radical (unpaired) electrons. The number of hydrogen-bond acceptors (Lipinski definition) is 7. The molecule has 0 aliphatic rings. The zero-order valence-electron chi connectivity index (χ0n) is 9.36. The molecule has 0 amide bonds. The Balaban J connectivity index is 2.05. The molecule has 2 N–H and O–H groups in total. The van der Waals surface area contributed by atoms with Gasteiger partial charge in [0.2, 0.25) is 17.2 Å². The van der Waals surface area contributed by atoms with Gasteiger partial charge in [0.1, 0.15) is 0 Å². The molecular formula is C9H11ClN6S. The molecule has 0 fully saturated rings. The third kappa shape index (κ3) is 3.24. The second-order valence-corrected chi connectivity index (χ2v) is 4.61. The number of thiazole rings is 1. The van der Waals surface area contributed by atoms with Crippen molar-refractivity contribution in [3.05, 3.63) is 21.4 Å². The van der Waals surface area contributed by atoms with Gasteiger partial charge in [0.05, 0.1) is 17.2 Å². The summed E-state index contributed by atoms with van der Waals surface area (Å²) in [4.78, 5) is 16.3. The van der Waals surface area contributed by atoms with E-state index in [9.17, 15) is 0 Å². The number of anilines is 2. The number of nitrogens with zero attached hydrogens (tertiary/aromatic N) is 4. The smallest absolute Gasteiger partial charge is 0.229 e. The fourth-order valence-corrected chi connectivity index (χ4v) is 1.97. The molecular weight excluding hydrogens is 260 g/mol. The highest BCUT2D eigenvalue weighted by Gasteiger charge is 2.04. The fourth-order valence-electron chi connectivity index (χ4n) is 1.20. The van der Waals surface area contributed by atoms with Gasteiger partial charge < -0.3 is 10.6 Å². The van der Waals surface area contributed by atoms with Crippen molar-refractivity contribution in [1.82, 2.24) is 19.9 Å². The normalized spacial score (nSPS) is 10.3. The van der Waals surface area contributed by atoms with Gasteiger partial charge in [-0.2, -0.15) is 15.0 Å². The lowest BCUT2D eigenvalue weighted by atomic mass is 10.5. The molecule has 2 rings (SSSR count). The molecule has 0 saturated heterocycles. The Labute approximate surface area is 108 Å².